The van der Waals surface area contributed by atoms with Crippen molar-refractivity contribution in [2.75, 3.05) is 6.54 Å². The van der Waals surface area contributed by atoms with E-state index >= 15 is 0 Å². The highest BCUT2D eigenvalue weighted by Crippen LogP contribution is 2.32. The van der Waals surface area contributed by atoms with Gasteiger partial charge in [-0.3, -0.25) is 0 Å². The summed E-state index contributed by atoms with van der Waals surface area (Å²) in [5.41, 5.74) is -0.458. The molecule has 2 N–H and O–H groups in total. The monoisotopic (exact) mass is 393 g/mol. The minimum Gasteiger partial charge on any atom is -0.505 e. The molecule has 2 aromatic rings. The molecule has 1 atom stereocenters. The molecule has 0 amide bonds. The highest BCUT2D eigenvalue weighted by atomic mass is 35.5. The first-order valence-electron chi connectivity index (χ1n) is 7.16. The van der Waals surface area contributed by atoms with Crippen LogP contribution in [0.2, 0.25) is 5.02 Å². The van der Waals surface area contributed by atoms with Gasteiger partial charge in [0.05, 0.1) is 10.6 Å². The van der Waals surface area contributed by atoms with E-state index in [1.54, 1.807) is 6.92 Å². The lowest BCUT2D eigenvalue weighted by Gasteiger charge is -2.16. The van der Waals surface area contributed by atoms with Crippen molar-refractivity contribution >= 4 is 21.6 Å². The largest absolute Gasteiger partial charge is 0.505 e. The number of sulfonamides is 1. The Bertz CT molecular complexity index is 869. The maximum Gasteiger partial charge on any atom is 0.416 e. The summed E-state index contributed by atoms with van der Waals surface area (Å²) >= 11 is 5.69. The molecule has 0 aliphatic rings. The molecular weight excluding hydrogens is 379 g/mol. The smallest absolute Gasteiger partial charge is 0.416 e. The van der Waals surface area contributed by atoms with Gasteiger partial charge in [-0.25, -0.2) is 13.1 Å². The first kappa shape index (κ1) is 19.6. The average Bonchev–Trinajstić information content (AvgIpc) is 2.54. The molecule has 2 aromatic carbocycles. The number of nitrogens with one attached hydrogen (secondary N) is 1. The van der Waals surface area contributed by atoms with Gasteiger partial charge < -0.3 is 5.11 Å². The van der Waals surface area contributed by atoms with Gasteiger partial charge in [0.2, 0.25) is 10.0 Å². The second-order valence-corrected chi connectivity index (χ2v) is 7.61. The molecule has 0 bridgehead atoms. The molecule has 0 heterocycles. The summed E-state index contributed by atoms with van der Waals surface area (Å²) in [7, 11) is -4.06. The van der Waals surface area contributed by atoms with Crippen LogP contribution in [-0.2, 0) is 16.2 Å². The van der Waals surface area contributed by atoms with E-state index in [-0.39, 0.29) is 11.6 Å². The van der Waals surface area contributed by atoms with Crippen molar-refractivity contribution in [3.05, 3.63) is 58.6 Å². The summed E-state index contributed by atoms with van der Waals surface area (Å²) in [4.78, 5) is -0.392. The maximum absolute atomic E-state index is 12.8. The number of hydrogen-bond donors (Lipinski definition) is 2. The minimum absolute atomic E-state index is 0.117. The Morgan fingerprint density at radius 2 is 1.84 bits per heavy atom. The molecule has 0 aliphatic heterocycles. The topological polar surface area (TPSA) is 66.4 Å². The molecule has 1 unspecified atom stereocenters. The highest BCUT2D eigenvalue weighted by Gasteiger charge is 2.30. The van der Waals surface area contributed by atoms with Crippen LogP contribution in [0.5, 0.6) is 5.75 Å². The molecule has 0 radical (unpaired) electrons. The molecule has 4 nitrogen and oxygen atoms in total. The third kappa shape index (κ3) is 4.65. The van der Waals surface area contributed by atoms with E-state index in [1.807, 2.05) is 0 Å². The van der Waals surface area contributed by atoms with E-state index in [0.29, 0.717) is 5.56 Å². The highest BCUT2D eigenvalue weighted by molar-refractivity contribution is 7.89. The van der Waals surface area contributed by atoms with E-state index in [4.69, 9.17) is 11.6 Å². The number of alkyl halides is 3. The van der Waals surface area contributed by atoms with E-state index in [9.17, 15) is 26.7 Å². The number of para-hydroxylation sites is 1. The molecule has 0 saturated carbocycles. The fourth-order valence-corrected chi connectivity index (χ4v) is 3.64. The normalized spacial score (nSPS) is 13.6. The summed E-state index contributed by atoms with van der Waals surface area (Å²) in [5.74, 6) is -1.10. The summed E-state index contributed by atoms with van der Waals surface area (Å²) in [5, 5.41) is 9.65. The molecule has 25 heavy (non-hydrogen) atoms. The summed E-state index contributed by atoms with van der Waals surface area (Å²) in [6.45, 7) is 1.45. The first-order chi connectivity index (χ1) is 11.5. The third-order valence-corrected chi connectivity index (χ3v) is 5.36. The number of aromatic hydroxyl groups is 1. The van der Waals surface area contributed by atoms with Crippen molar-refractivity contribution in [2.24, 2.45) is 0 Å². The lowest BCUT2D eigenvalue weighted by Crippen LogP contribution is -2.28. The molecular formula is C16H15ClF3NO3S. The van der Waals surface area contributed by atoms with E-state index in [0.717, 1.165) is 12.1 Å². The van der Waals surface area contributed by atoms with Gasteiger partial charge in [-0.1, -0.05) is 42.8 Å². The van der Waals surface area contributed by atoms with E-state index in [2.05, 4.69) is 4.72 Å². The number of benzene rings is 2. The zero-order chi connectivity index (χ0) is 18.8. The van der Waals surface area contributed by atoms with E-state index < -0.39 is 38.3 Å². The number of rotatable bonds is 5. The summed E-state index contributed by atoms with van der Waals surface area (Å²) in [6, 6.07) is 8.57. The van der Waals surface area contributed by atoms with Crippen LogP contribution in [0.4, 0.5) is 13.2 Å². The standard InChI is InChI=1S/C16H15ClF3NO3S/c1-10(11-4-2-5-12(8-11)16(18,19)20)9-21-25(23,24)14-7-3-6-13(17)15(14)22/h2-8,10,21-22H,9H2,1H3. The van der Waals surface area contributed by atoms with E-state index in [1.165, 1.54) is 30.3 Å². The predicted molar refractivity (Wildman–Crippen MR) is 88.2 cm³/mol. The van der Waals surface area contributed by atoms with Crippen LogP contribution in [0.1, 0.15) is 24.0 Å². The van der Waals surface area contributed by atoms with Gasteiger partial charge in [-0.15, -0.1) is 0 Å². The summed E-state index contributed by atoms with van der Waals surface area (Å²) in [6.07, 6.45) is -4.47. The number of phenolic OH excluding ortho intramolecular Hbond substituents is 1. The third-order valence-electron chi connectivity index (χ3n) is 3.60. The van der Waals surface area contributed by atoms with Crippen LogP contribution >= 0.6 is 11.6 Å². The Morgan fingerprint density at radius 1 is 1.20 bits per heavy atom. The molecule has 0 saturated heterocycles. The van der Waals surface area contributed by atoms with Gasteiger partial charge >= 0.3 is 6.18 Å². The number of halogens is 4. The van der Waals surface area contributed by atoms with Gasteiger partial charge in [0, 0.05) is 6.54 Å². The minimum atomic E-state index is -4.47. The molecule has 136 valence electrons. The van der Waals surface area contributed by atoms with Crippen molar-refractivity contribution in [3.8, 4) is 5.75 Å². The van der Waals surface area contributed by atoms with Gasteiger partial charge in [0.15, 0.2) is 5.75 Å². The van der Waals surface area contributed by atoms with Crippen molar-refractivity contribution in [3.63, 3.8) is 0 Å². The Hall–Kier alpha value is -1.77. The molecule has 0 fully saturated rings. The lowest BCUT2D eigenvalue weighted by molar-refractivity contribution is -0.137. The zero-order valence-electron chi connectivity index (χ0n) is 13.0. The first-order valence-corrected chi connectivity index (χ1v) is 9.03. The molecule has 2 rings (SSSR count). The van der Waals surface area contributed by atoms with Crippen LogP contribution in [-0.4, -0.2) is 20.1 Å². The van der Waals surface area contributed by atoms with Crippen LogP contribution < -0.4 is 4.72 Å². The Balaban J connectivity index is 2.17. The van der Waals surface area contributed by atoms with Crippen LogP contribution in [0, 0.1) is 0 Å². The summed E-state index contributed by atoms with van der Waals surface area (Å²) < 4.78 is 65.1. The average molecular weight is 394 g/mol. The van der Waals surface area contributed by atoms with Crippen molar-refractivity contribution in [1.82, 2.24) is 4.72 Å². The Morgan fingerprint density at radius 3 is 2.48 bits per heavy atom. The molecule has 0 aliphatic carbocycles. The molecule has 0 spiro atoms. The SMILES string of the molecule is CC(CNS(=O)(=O)c1cccc(Cl)c1O)c1cccc(C(F)(F)F)c1. The quantitative estimate of drug-likeness (QED) is 0.802. The molecule has 0 aromatic heterocycles. The van der Waals surface area contributed by atoms with Crippen LogP contribution in [0.25, 0.3) is 0 Å². The fourth-order valence-electron chi connectivity index (χ4n) is 2.16. The second kappa shape index (κ2) is 7.23. The predicted octanol–water partition coefficient (Wildman–Crippen LogP) is 4.15. The Kier molecular flexibility index (Phi) is 5.65. The van der Waals surface area contributed by atoms with Crippen LogP contribution in [0.15, 0.2) is 47.4 Å². The Labute approximate surface area is 148 Å². The fraction of sp³-hybridized carbons (Fsp3) is 0.250. The van der Waals surface area contributed by atoms with Gasteiger partial charge in [0.1, 0.15) is 4.90 Å². The molecule has 9 heteroatoms. The maximum atomic E-state index is 12.8. The van der Waals surface area contributed by atoms with Crippen molar-refractivity contribution in [1.29, 1.82) is 0 Å². The second-order valence-electron chi connectivity index (χ2n) is 5.46. The number of hydrogen-bond acceptors (Lipinski definition) is 3. The van der Waals surface area contributed by atoms with Crippen LogP contribution in [0.3, 0.4) is 0 Å². The van der Waals surface area contributed by atoms with Gasteiger partial charge in [-0.2, -0.15) is 13.2 Å². The van der Waals surface area contributed by atoms with Crippen molar-refractivity contribution in [2.45, 2.75) is 23.9 Å². The van der Waals surface area contributed by atoms with Crippen molar-refractivity contribution < 1.29 is 26.7 Å². The number of phenols is 1. The zero-order valence-corrected chi connectivity index (χ0v) is 14.6. The lowest BCUT2D eigenvalue weighted by atomic mass is 9.99. The van der Waals surface area contributed by atoms with Gasteiger partial charge in [0.25, 0.3) is 0 Å². The van der Waals surface area contributed by atoms with Gasteiger partial charge in [-0.05, 0) is 29.7 Å².